The Kier molecular flexibility index (Phi) is 6.51. The zero-order valence-electron chi connectivity index (χ0n) is 19.2. The van der Waals surface area contributed by atoms with E-state index in [1.807, 2.05) is 66.3 Å². The van der Waals surface area contributed by atoms with Crippen molar-refractivity contribution in [2.75, 3.05) is 5.32 Å². The maximum atomic E-state index is 12.7. The number of ether oxygens (including phenoxy) is 1. The van der Waals surface area contributed by atoms with Crippen molar-refractivity contribution in [1.29, 1.82) is 0 Å². The number of carbonyl (C=O) groups excluding carboxylic acids is 1. The molecule has 0 saturated heterocycles. The zero-order valence-corrected chi connectivity index (χ0v) is 20.0. The molecule has 0 bridgehead atoms. The van der Waals surface area contributed by atoms with E-state index in [4.69, 9.17) is 16.3 Å². The highest BCUT2D eigenvalue weighted by atomic mass is 35.5. The van der Waals surface area contributed by atoms with Crippen LogP contribution >= 0.6 is 11.6 Å². The van der Waals surface area contributed by atoms with Crippen molar-refractivity contribution in [2.45, 2.75) is 20.1 Å². The van der Waals surface area contributed by atoms with E-state index in [0.29, 0.717) is 35.3 Å². The third-order valence-electron chi connectivity index (χ3n) is 5.79. The molecule has 1 aromatic heterocycles. The van der Waals surface area contributed by atoms with Gasteiger partial charge >= 0.3 is 0 Å². The monoisotopic (exact) mass is 481 g/mol. The fourth-order valence-electron chi connectivity index (χ4n) is 3.94. The normalized spacial score (nSPS) is 10.9. The summed E-state index contributed by atoms with van der Waals surface area (Å²) in [5, 5.41) is 10.4. The molecule has 35 heavy (non-hydrogen) atoms. The maximum absolute atomic E-state index is 12.7. The molecule has 1 N–H and O–H groups in total. The van der Waals surface area contributed by atoms with Crippen molar-refractivity contribution >= 4 is 34.1 Å². The number of anilines is 1. The highest BCUT2D eigenvalue weighted by Crippen LogP contribution is 2.26. The van der Waals surface area contributed by atoms with Crippen molar-refractivity contribution in [3.8, 4) is 5.75 Å². The Hall–Kier alpha value is -4.09. The summed E-state index contributed by atoms with van der Waals surface area (Å²) < 4.78 is 7.66. The molecule has 5 nitrogen and oxygen atoms in total. The lowest BCUT2D eigenvalue weighted by Crippen LogP contribution is -2.13. The van der Waals surface area contributed by atoms with Crippen LogP contribution in [0.4, 0.5) is 5.82 Å². The molecule has 4 aromatic carbocycles. The molecule has 1 heterocycles. The molecule has 0 unspecified atom stereocenters. The van der Waals surface area contributed by atoms with Crippen LogP contribution in [0.5, 0.6) is 5.75 Å². The highest BCUT2D eigenvalue weighted by Gasteiger charge is 2.10. The second kappa shape index (κ2) is 10.0. The van der Waals surface area contributed by atoms with E-state index in [-0.39, 0.29) is 5.91 Å². The van der Waals surface area contributed by atoms with Crippen LogP contribution in [0.3, 0.4) is 0 Å². The number of rotatable bonds is 7. The molecule has 0 aliphatic rings. The minimum atomic E-state index is -0.213. The number of fused-ring (bicyclic) bond motifs is 1. The van der Waals surface area contributed by atoms with E-state index in [9.17, 15) is 4.79 Å². The van der Waals surface area contributed by atoms with E-state index in [1.165, 1.54) is 16.3 Å². The van der Waals surface area contributed by atoms with Gasteiger partial charge in [-0.1, -0.05) is 72.3 Å². The van der Waals surface area contributed by atoms with Gasteiger partial charge in [0.05, 0.1) is 11.6 Å². The van der Waals surface area contributed by atoms with Crippen LogP contribution in [-0.4, -0.2) is 15.7 Å². The number of aryl methyl sites for hydroxylation is 1. The minimum Gasteiger partial charge on any atom is -0.487 e. The van der Waals surface area contributed by atoms with Gasteiger partial charge in [-0.25, -0.2) is 0 Å². The van der Waals surface area contributed by atoms with Crippen LogP contribution in [0.2, 0.25) is 5.02 Å². The molecule has 1 amide bonds. The first-order valence-corrected chi connectivity index (χ1v) is 11.7. The molecule has 6 heteroatoms. The summed E-state index contributed by atoms with van der Waals surface area (Å²) in [7, 11) is 0. The van der Waals surface area contributed by atoms with Crippen molar-refractivity contribution in [1.82, 2.24) is 9.78 Å². The second-order valence-corrected chi connectivity index (χ2v) is 8.82. The molecular weight excluding hydrogens is 458 g/mol. The second-order valence-electron chi connectivity index (χ2n) is 8.41. The van der Waals surface area contributed by atoms with Crippen molar-refractivity contribution in [3.63, 3.8) is 0 Å². The molecular formula is C29H24ClN3O2. The number of amides is 1. The van der Waals surface area contributed by atoms with E-state index < -0.39 is 0 Å². The lowest BCUT2D eigenvalue weighted by Gasteiger charge is -2.09. The van der Waals surface area contributed by atoms with Gasteiger partial charge in [0.25, 0.3) is 5.91 Å². The summed E-state index contributed by atoms with van der Waals surface area (Å²) in [4.78, 5) is 12.7. The molecule has 174 valence electrons. The van der Waals surface area contributed by atoms with Gasteiger partial charge in [-0.3, -0.25) is 9.48 Å². The number of halogens is 1. The molecule has 0 aliphatic carbocycles. The minimum absolute atomic E-state index is 0.213. The summed E-state index contributed by atoms with van der Waals surface area (Å²) >= 11 is 6.19. The van der Waals surface area contributed by atoms with Crippen molar-refractivity contribution in [2.24, 2.45) is 0 Å². The third-order valence-corrected chi connectivity index (χ3v) is 6.10. The average molecular weight is 482 g/mol. The summed E-state index contributed by atoms with van der Waals surface area (Å²) in [6, 6.07) is 29.3. The number of aromatic nitrogens is 2. The Bertz CT molecular complexity index is 1490. The molecule has 0 radical (unpaired) electrons. The highest BCUT2D eigenvalue weighted by molar-refractivity contribution is 6.32. The first-order chi connectivity index (χ1) is 17.0. The lowest BCUT2D eigenvalue weighted by molar-refractivity contribution is 0.102. The lowest BCUT2D eigenvalue weighted by atomic mass is 10.0. The standard InChI is InChI=1S/C29H24ClN3O2/c1-20-9-14-26(30)27(17-20)35-19-21-10-12-23(13-11-21)29(34)31-28-15-16-33(32-28)18-24-7-4-6-22-5-2-3-8-25(22)24/h2-17H,18-19H2,1H3,(H,31,32,34). The topological polar surface area (TPSA) is 56.1 Å². The van der Waals surface area contributed by atoms with Gasteiger partial charge < -0.3 is 10.1 Å². The number of hydrogen-bond acceptors (Lipinski definition) is 3. The van der Waals surface area contributed by atoms with Gasteiger partial charge in [0, 0.05) is 17.8 Å². The molecule has 5 rings (SSSR count). The Morgan fingerprint density at radius 1 is 0.971 bits per heavy atom. The zero-order chi connectivity index (χ0) is 24.2. The largest absolute Gasteiger partial charge is 0.487 e. The number of benzene rings is 4. The molecule has 0 spiro atoms. The van der Waals surface area contributed by atoms with Crippen LogP contribution < -0.4 is 10.1 Å². The van der Waals surface area contributed by atoms with E-state index >= 15 is 0 Å². The third kappa shape index (κ3) is 5.36. The Morgan fingerprint density at radius 2 is 1.77 bits per heavy atom. The van der Waals surface area contributed by atoms with Crippen molar-refractivity contribution < 1.29 is 9.53 Å². The van der Waals surface area contributed by atoms with Crippen LogP contribution in [-0.2, 0) is 13.2 Å². The molecule has 0 atom stereocenters. The fraction of sp³-hybridized carbons (Fsp3) is 0.103. The summed E-state index contributed by atoms with van der Waals surface area (Å²) in [6.45, 7) is 2.98. The van der Waals surface area contributed by atoms with Gasteiger partial charge in [0.15, 0.2) is 5.82 Å². The molecule has 0 saturated carbocycles. The van der Waals surface area contributed by atoms with E-state index in [1.54, 1.807) is 18.2 Å². The summed E-state index contributed by atoms with van der Waals surface area (Å²) in [5.74, 6) is 0.943. The molecule has 0 aliphatic heterocycles. The summed E-state index contributed by atoms with van der Waals surface area (Å²) in [5.41, 5.74) is 3.74. The van der Waals surface area contributed by atoms with Gasteiger partial charge in [0.2, 0.25) is 0 Å². The Morgan fingerprint density at radius 3 is 2.63 bits per heavy atom. The predicted molar refractivity (Wildman–Crippen MR) is 140 cm³/mol. The van der Waals surface area contributed by atoms with E-state index in [0.717, 1.165) is 11.1 Å². The van der Waals surface area contributed by atoms with Crippen LogP contribution in [0.15, 0.2) is 97.2 Å². The number of carbonyl (C=O) groups is 1. The predicted octanol–water partition coefficient (Wildman–Crippen LogP) is 6.88. The maximum Gasteiger partial charge on any atom is 0.256 e. The van der Waals surface area contributed by atoms with Crippen LogP contribution in [0.25, 0.3) is 10.8 Å². The van der Waals surface area contributed by atoms with E-state index in [2.05, 4.69) is 34.7 Å². The first-order valence-electron chi connectivity index (χ1n) is 11.3. The SMILES string of the molecule is Cc1ccc(Cl)c(OCc2ccc(C(=O)Nc3ccn(Cc4cccc5ccccc45)n3)cc2)c1. The fourth-order valence-corrected chi connectivity index (χ4v) is 4.12. The quantitative estimate of drug-likeness (QED) is 0.275. The van der Waals surface area contributed by atoms with Crippen LogP contribution in [0.1, 0.15) is 27.0 Å². The Labute approximate surface area is 208 Å². The smallest absolute Gasteiger partial charge is 0.256 e. The number of nitrogens with one attached hydrogen (secondary N) is 1. The van der Waals surface area contributed by atoms with Gasteiger partial charge in [-0.05, 0) is 58.7 Å². The van der Waals surface area contributed by atoms with Gasteiger partial charge in [-0.2, -0.15) is 5.10 Å². The van der Waals surface area contributed by atoms with Gasteiger partial charge in [0.1, 0.15) is 12.4 Å². The van der Waals surface area contributed by atoms with Crippen LogP contribution in [0, 0.1) is 6.92 Å². The molecule has 5 aromatic rings. The number of hydrogen-bond donors (Lipinski definition) is 1. The number of nitrogens with zero attached hydrogens (tertiary/aromatic N) is 2. The Balaban J connectivity index is 1.20. The van der Waals surface area contributed by atoms with Gasteiger partial charge in [-0.15, -0.1) is 0 Å². The summed E-state index contributed by atoms with van der Waals surface area (Å²) in [6.07, 6.45) is 1.87. The first kappa shape index (κ1) is 22.7. The van der Waals surface area contributed by atoms with Crippen molar-refractivity contribution in [3.05, 3.63) is 124 Å². The average Bonchev–Trinajstić information content (AvgIpc) is 3.31. The molecule has 0 fully saturated rings.